The predicted octanol–water partition coefficient (Wildman–Crippen LogP) is 2.52. The second-order valence-corrected chi connectivity index (χ2v) is 10.0. The molecule has 3 fully saturated rings. The van der Waals surface area contributed by atoms with Crippen LogP contribution in [0.4, 0.5) is 18.9 Å². The molecular weight excluding hydrogens is 475 g/mol. The van der Waals surface area contributed by atoms with Gasteiger partial charge in [0.15, 0.2) is 0 Å². The molecule has 3 atom stereocenters. The van der Waals surface area contributed by atoms with E-state index >= 15 is 0 Å². The third kappa shape index (κ3) is 4.99. The van der Waals surface area contributed by atoms with Gasteiger partial charge in [-0.2, -0.15) is 13.2 Å². The minimum Gasteiger partial charge on any atom is -0.391 e. The molecule has 2 aliphatic heterocycles. The van der Waals surface area contributed by atoms with Crippen LogP contribution in [0.15, 0.2) is 18.2 Å². The van der Waals surface area contributed by atoms with E-state index in [0.717, 1.165) is 25.3 Å². The highest BCUT2D eigenvalue weighted by Gasteiger charge is 2.51. The molecule has 2 saturated heterocycles. The molecule has 2 N–H and O–H groups in total. The Kier molecular flexibility index (Phi) is 6.78. The minimum absolute atomic E-state index is 0.0170. The molecule has 1 aliphatic carbocycles. The van der Waals surface area contributed by atoms with Crippen molar-refractivity contribution in [2.24, 2.45) is 5.41 Å². The maximum absolute atomic E-state index is 13.0. The van der Waals surface area contributed by atoms with E-state index in [-0.39, 0.29) is 43.3 Å². The van der Waals surface area contributed by atoms with Crippen LogP contribution in [0.3, 0.4) is 0 Å². The van der Waals surface area contributed by atoms with Gasteiger partial charge in [0, 0.05) is 38.4 Å². The molecule has 2 heterocycles. The molecule has 0 aromatic heterocycles. The van der Waals surface area contributed by atoms with Crippen LogP contribution in [0.25, 0.3) is 0 Å². The maximum Gasteiger partial charge on any atom is 0.417 e. The summed E-state index contributed by atoms with van der Waals surface area (Å²) >= 11 is 5.83. The summed E-state index contributed by atoms with van der Waals surface area (Å²) in [7, 11) is 0. The summed E-state index contributed by atoms with van der Waals surface area (Å²) in [6, 6.07) is 2.73. The number of carbonyl (C=O) groups is 2. The van der Waals surface area contributed by atoms with Crippen LogP contribution in [0, 0.1) is 5.41 Å². The summed E-state index contributed by atoms with van der Waals surface area (Å²) in [5, 5.41) is 20.3. The molecule has 4 rings (SSSR count). The Labute approximate surface area is 201 Å². The van der Waals surface area contributed by atoms with Crippen molar-refractivity contribution in [2.45, 2.75) is 57.0 Å². The highest BCUT2D eigenvalue weighted by Crippen LogP contribution is 2.53. The summed E-state index contributed by atoms with van der Waals surface area (Å²) < 4.78 is 38.9. The van der Waals surface area contributed by atoms with Crippen LogP contribution in [0.2, 0.25) is 5.02 Å². The van der Waals surface area contributed by atoms with Crippen LogP contribution in [-0.4, -0.2) is 82.8 Å². The van der Waals surface area contributed by atoms with Crippen LogP contribution in [-0.2, 0) is 15.8 Å². The Hall–Kier alpha value is -2.04. The number of aliphatic hydroxyl groups excluding tert-OH is 2. The number of hydrogen-bond acceptors (Lipinski definition) is 5. The molecule has 1 aromatic rings. The van der Waals surface area contributed by atoms with E-state index in [1.54, 1.807) is 16.7 Å². The third-order valence-corrected chi connectivity index (χ3v) is 7.72. The van der Waals surface area contributed by atoms with Gasteiger partial charge in [0.05, 0.1) is 29.2 Å². The smallest absolute Gasteiger partial charge is 0.391 e. The number of hydrogen-bond donors (Lipinski definition) is 2. The van der Waals surface area contributed by atoms with Crippen LogP contribution < -0.4 is 4.90 Å². The number of halogens is 4. The van der Waals surface area contributed by atoms with E-state index in [1.165, 1.54) is 17.0 Å². The number of rotatable bonds is 5. The molecule has 0 unspecified atom stereocenters. The minimum atomic E-state index is -4.56. The number of alkyl halides is 3. The fourth-order valence-corrected chi connectivity index (χ4v) is 5.30. The Morgan fingerprint density at radius 2 is 1.94 bits per heavy atom. The van der Waals surface area contributed by atoms with Gasteiger partial charge >= 0.3 is 6.18 Å². The standard InChI is InChI=1S/C23H29ClF3N3O4/c1-14-21(34)29(8-9-30(14)15-2-3-17(18(24)10-15)23(25,26)27)12-16(31)11-20(33)28-7-6-22(4-5-22)19(32)13-28/h2-3,10,14,16,19,31-32H,4-9,11-13H2,1H3/t14-,16+,19+/m0/s1. The first-order valence-electron chi connectivity index (χ1n) is 11.5. The molecule has 2 amide bonds. The summed E-state index contributed by atoms with van der Waals surface area (Å²) in [4.78, 5) is 30.2. The van der Waals surface area contributed by atoms with Crippen molar-refractivity contribution in [3.63, 3.8) is 0 Å². The lowest BCUT2D eigenvalue weighted by atomic mass is 9.90. The summed E-state index contributed by atoms with van der Waals surface area (Å²) in [5.41, 5.74) is -0.544. The lowest BCUT2D eigenvalue weighted by Crippen LogP contribution is -2.57. The van der Waals surface area contributed by atoms with E-state index in [1.807, 2.05) is 0 Å². The lowest BCUT2D eigenvalue weighted by Gasteiger charge is -2.41. The Balaban J connectivity index is 1.31. The number of amides is 2. The predicted molar refractivity (Wildman–Crippen MR) is 119 cm³/mol. The van der Waals surface area contributed by atoms with Crippen LogP contribution >= 0.6 is 11.6 Å². The Morgan fingerprint density at radius 3 is 2.53 bits per heavy atom. The van der Waals surface area contributed by atoms with Crippen molar-refractivity contribution in [1.82, 2.24) is 9.80 Å². The van der Waals surface area contributed by atoms with Gasteiger partial charge in [0.1, 0.15) is 6.04 Å². The Morgan fingerprint density at radius 1 is 1.24 bits per heavy atom. The molecule has 34 heavy (non-hydrogen) atoms. The monoisotopic (exact) mass is 503 g/mol. The van der Waals surface area contributed by atoms with Gasteiger partial charge in [-0.05, 0) is 49.8 Å². The highest BCUT2D eigenvalue weighted by atomic mass is 35.5. The third-order valence-electron chi connectivity index (χ3n) is 7.40. The largest absolute Gasteiger partial charge is 0.417 e. The number of anilines is 1. The lowest BCUT2D eigenvalue weighted by molar-refractivity contribution is -0.141. The quantitative estimate of drug-likeness (QED) is 0.645. The second kappa shape index (κ2) is 9.20. The number of likely N-dealkylation sites (tertiary alicyclic amines) is 1. The van der Waals surface area contributed by atoms with Gasteiger partial charge in [-0.15, -0.1) is 0 Å². The maximum atomic E-state index is 13.0. The molecule has 1 aromatic carbocycles. The van der Waals surface area contributed by atoms with Gasteiger partial charge in [-0.3, -0.25) is 9.59 Å². The van der Waals surface area contributed by atoms with Crippen molar-refractivity contribution in [3.05, 3.63) is 28.8 Å². The normalized spacial score (nSPS) is 25.6. The van der Waals surface area contributed by atoms with E-state index in [2.05, 4.69) is 0 Å². The first-order valence-corrected chi connectivity index (χ1v) is 11.9. The number of benzene rings is 1. The first kappa shape index (κ1) is 25.1. The zero-order valence-electron chi connectivity index (χ0n) is 18.9. The molecule has 1 spiro atoms. The number of β-amino-alcohol motifs (C(OH)–C–C–N with tert-alkyl or cyclic N) is 2. The summed E-state index contributed by atoms with van der Waals surface area (Å²) in [6.07, 6.45) is -3.54. The Bertz CT molecular complexity index is 956. The fraction of sp³-hybridized carbons (Fsp3) is 0.652. The van der Waals surface area contributed by atoms with Crippen molar-refractivity contribution < 1.29 is 33.0 Å². The summed E-state index contributed by atoms with van der Waals surface area (Å²) in [6.45, 7) is 3.05. The first-order chi connectivity index (χ1) is 15.9. The molecular formula is C23H29ClF3N3O4. The fourth-order valence-electron chi connectivity index (χ4n) is 5.01. The number of piperidine rings is 1. The second-order valence-electron chi connectivity index (χ2n) is 9.64. The van der Waals surface area contributed by atoms with Gasteiger partial charge in [0.25, 0.3) is 0 Å². The number of nitrogens with zero attached hydrogens (tertiary/aromatic N) is 3. The van der Waals surface area contributed by atoms with Crippen molar-refractivity contribution in [1.29, 1.82) is 0 Å². The SMILES string of the molecule is C[C@H]1C(=O)N(C[C@H](O)CC(=O)N2CCC3(CC3)[C@H](O)C2)CCN1c1ccc(C(F)(F)F)c(Cl)c1. The zero-order valence-corrected chi connectivity index (χ0v) is 19.6. The van der Waals surface area contributed by atoms with Gasteiger partial charge < -0.3 is 24.9 Å². The zero-order chi connectivity index (χ0) is 24.8. The molecule has 11 heteroatoms. The molecule has 1 saturated carbocycles. The number of aliphatic hydroxyl groups is 2. The molecule has 0 radical (unpaired) electrons. The average Bonchev–Trinajstić information content (AvgIpc) is 3.53. The van der Waals surface area contributed by atoms with E-state index in [4.69, 9.17) is 11.6 Å². The van der Waals surface area contributed by atoms with Crippen LogP contribution in [0.1, 0.15) is 38.2 Å². The van der Waals surface area contributed by atoms with Crippen molar-refractivity contribution >= 4 is 29.1 Å². The van der Waals surface area contributed by atoms with Gasteiger partial charge in [0.2, 0.25) is 11.8 Å². The number of carbonyl (C=O) groups excluding carboxylic acids is 2. The van der Waals surface area contributed by atoms with E-state index in [0.29, 0.717) is 18.8 Å². The van der Waals surface area contributed by atoms with E-state index < -0.39 is 35.0 Å². The highest BCUT2D eigenvalue weighted by molar-refractivity contribution is 6.31. The molecule has 3 aliphatic rings. The van der Waals surface area contributed by atoms with E-state index in [9.17, 15) is 33.0 Å². The van der Waals surface area contributed by atoms with Gasteiger partial charge in [-0.1, -0.05) is 11.6 Å². The molecule has 0 bridgehead atoms. The number of piperazine rings is 1. The van der Waals surface area contributed by atoms with Crippen LogP contribution in [0.5, 0.6) is 0 Å². The molecule has 7 nitrogen and oxygen atoms in total. The topological polar surface area (TPSA) is 84.3 Å². The van der Waals surface area contributed by atoms with Gasteiger partial charge in [-0.25, -0.2) is 0 Å². The van der Waals surface area contributed by atoms with Crippen molar-refractivity contribution in [3.8, 4) is 0 Å². The summed E-state index contributed by atoms with van der Waals surface area (Å²) in [5.74, 6) is -0.543. The molecule has 188 valence electrons. The van der Waals surface area contributed by atoms with Crippen molar-refractivity contribution in [2.75, 3.05) is 37.6 Å². The average molecular weight is 504 g/mol.